The molecule has 0 unspecified atom stereocenters. The first-order valence-electron chi connectivity index (χ1n) is 5.21. The van der Waals surface area contributed by atoms with E-state index in [1.165, 1.54) is 0 Å². The van der Waals surface area contributed by atoms with Gasteiger partial charge in [0.25, 0.3) is 0 Å². The van der Waals surface area contributed by atoms with Gasteiger partial charge in [-0.15, -0.1) is 0 Å². The van der Waals surface area contributed by atoms with Crippen molar-refractivity contribution >= 4 is 11.6 Å². The van der Waals surface area contributed by atoms with Crippen molar-refractivity contribution in [1.29, 1.82) is 0 Å². The van der Waals surface area contributed by atoms with Gasteiger partial charge in [0.15, 0.2) is 0 Å². The molecule has 0 aromatic rings. The molecule has 86 valence electrons. The fourth-order valence-electron chi connectivity index (χ4n) is 1.48. The highest BCUT2D eigenvalue weighted by atomic mass is 16.6. The van der Waals surface area contributed by atoms with E-state index in [-0.39, 0.29) is 11.9 Å². The summed E-state index contributed by atoms with van der Waals surface area (Å²) in [4.78, 5) is 18.1. The van der Waals surface area contributed by atoms with Crippen LogP contribution in [0.2, 0.25) is 0 Å². The standard InChI is InChI=1S/C10H19N3O2/c1-8(2)12-15-7-10-6-13(9(3)14)5-4-11-10/h10-11H,4-7H2,1-3H3/t10-/m1/s1. The van der Waals surface area contributed by atoms with Crippen LogP contribution in [0.5, 0.6) is 0 Å². The molecule has 1 aliphatic rings. The minimum Gasteiger partial charge on any atom is -0.394 e. The Kier molecular flexibility index (Phi) is 4.55. The summed E-state index contributed by atoms with van der Waals surface area (Å²) in [6.07, 6.45) is 0. The quantitative estimate of drug-likeness (QED) is 0.539. The third kappa shape index (κ3) is 4.29. The molecule has 1 fully saturated rings. The topological polar surface area (TPSA) is 53.9 Å². The molecule has 1 saturated heterocycles. The second-order valence-electron chi connectivity index (χ2n) is 3.95. The van der Waals surface area contributed by atoms with Gasteiger partial charge in [-0.3, -0.25) is 4.79 Å². The van der Waals surface area contributed by atoms with Crippen LogP contribution in [-0.2, 0) is 9.63 Å². The first-order valence-corrected chi connectivity index (χ1v) is 5.21. The number of hydrogen-bond acceptors (Lipinski definition) is 4. The molecule has 1 aliphatic heterocycles. The number of carbonyl (C=O) groups is 1. The van der Waals surface area contributed by atoms with Crippen LogP contribution < -0.4 is 5.32 Å². The highest BCUT2D eigenvalue weighted by Gasteiger charge is 2.21. The molecule has 0 bridgehead atoms. The second-order valence-corrected chi connectivity index (χ2v) is 3.95. The Hall–Kier alpha value is -1.10. The number of rotatable bonds is 3. The lowest BCUT2D eigenvalue weighted by atomic mass is 10.2. The zero-order chi connectivity index (χ0) is 11.3. The summed E-state index contributed by atoms with van der Waals surface area (Å²) < 4.78 is 0. The minimum absolute atomic E-state index is 0.122. The fourth-order valence-corrected chi connectivity index (χ4v) is 1.48. The largest absolute Gasteiger partial charge is 0.394 e. The highest BCUT2D eigenvalue weighted by molar-refractivity contribution is 5.78. The predicted octanol–water partition coefficient (Wildman–Crippen LogP) is 0.219. The van der Waals surface area contributed by atoms with E-state index < -0.39 is 0 Å². The molecule has 0 radical (unpaired) electrons. The van der Waals surface area contributed by atoms with E-state index in [0.29, 0.717) is 13.2 Å². The van der Waals surface area contributed by atoms with Gasteiger partial charge >= 0.3 is 0 Å². The van der Waals surface area contributed by atoms with Crippen molar-refractivity contribution in [2.24, 2.45) is 5.16 Å². The molecule has 1 amide bonds. The summed E-state index contributed by atoms with van der Waals surface area (Å²) in [5.41, 5.74) is 0.897. The van der Waals surface area contributed by atoms with Gasteiger partial charge in [-0.1, -0.05) is 5.16 Å². The number of carbonyl (C=O) groups excluding carboxylic acids is 1. The van der Waals surface area contributed by atoms with Gasteiger partial charge in [0.2, 0.25) is 5.91 Å². The van der Waals surface area contributed by atoms with E-state index in [2.05, 4.69) is 10.5 Å². The van der Waals surface area contributed by atoms with Crippen molar-refractivity contribution in [1.82, 2.24) is 10.2 Å². The van der Waals surface area contributed by atoms with Crippen molar-refractivity contribution in [3.8, 4) is 0 Å². The summed E-state index contributed by atoms with van der Waals surface area (Å²) >= 11 is 0. The first kappa shape index (κ1) is 12.0. The monoisotopic (exact) mass is 213 g/mol. The average Bonchev–Trinajstić information content (AvgIpc) is 2.17. The van der Waals surface area contributed by atoms with E-state index >= 15 is 0 Å². The van der Waals surface area contributed by atoms with Crippen molar-refractivity contribution in [2.75, 3.05) is 26.2 Å². The normalized spacial score (nSPS) is 21.0. The molecule has 0 saturated carbocycles. The van der Waals surface area contributed by atoms with Crippen LogP contribution in [0.25, 0.3) is 0 Å². The molecule has 1 rings (SSSR count). The zero-order valence-electron chi connectivity index (χ0n) is 9.62. The average molecular weight is 213 g/mol. The zero-order valence-corrected chi connectivity index (χ0v) is 9.62. The van der Waals surface area contributed by atoms with Crippen LogP contribution >= 0.6 is 0 Å². The van der Waals surface area contributed by atoms with Gasteiger partial charge in [-0.2, -0.15) is 0 Å². The molecule has 1 atom stereocenters. The fraction of sp³-hybridized carbons (Fsp3) is 0.800. The number of nitrogens with one attached hydrogen (secondary N) is 1. The number of hydrogen-bond donors (Lipinski definition) is 1. The van der Waals surface area contributed by atoms with Gasteiger partial charge in [0, 0.05) is 26.6 Å². The molecule has 5 heteroatoms. The molecule has 1 N–H and O–H groups in total. The van der Waals surface area contributed by atoms with E-state index in [1.807, 2.05) is 18.7 Å². The third-order valence-corrected chi connectivity index (χ3v) is 2.22. The van der Waals surface area contributed by atoms with Crippen LogP contribution in [0, 0.1) is 0 Å². The van der Waals surface area contributed by atoms with E-state index in [9.17, 15) is 4.79 Å². The van der Waals surface area contributed by atoms with Gasteiger partial charge in [0.05, 0.1) is 11.8 Å². The van der Waals surface area contributed by atoms with E-state index in [4.69, 9.17) is 4.84 Å². The lowest BCUT2D eigenvalue weighted by Gasteiger charge is -2.32. The number of nitrogens with zero attached hydrogens (tertiary/aromatic N) is 2. The predicted molar refractivity (Wildman–Crippen MR) is 58.8 cm³/mol. The maximum absolute atomic E-state index is 11.2. The Morgan fingerprint density at radius 1 is 1.53 bits per heavy atom. The van der Waals surface area contributed by atoms with Crippen LogP contribution in [0.3, 0.4) is 0 Å². The number of amides is 1. The SMILES string of the molecule is CC(=O)N1CCN[C@@H](CON=C(C)C)C1. The second kappa shape index (κ2) is 5.70. The molecule has 0 aromatic carbocycles. The molecule has 5 nitrogen and oxygen atoms in total. The first-order chi connectivity index (χ1) is 7.09. The maximum atomic E-state index is 11.2. The van der Waals surface area contributed by atoms with Gasteiger partial charge in [-0.25, -0.2) is 0 Å². The highest BCUT2D eigenvalue weighted by Crippen LogP contribution is 2.00. The van der Waals surface area contributed by atoms with Crippen LogP contribution in [0.4, 0.5) is 0 Å². The van der Waals surface area contributed by atoms with Crippen molar-refractivity contribution in [3.63, 3.8) is 0 Å². The molecule has 0 aromatic heterocycles. The van der Waals surface area contributed by atoms with E-state index in [1.54, 1.807) is 6.92 Å². The smallest absolute Gasteiger partial charge is 0.219 e. The molecule has 0 spiro atoms. The van der Waals surface area contributed by atoms with Gasteiger partial charge < -0.3 is 15.1 Å². The Balaban J connectivity index is 2.30. The molecule has 15 heavy (non-hydrogen) atoms. The van der Waals surface area contributed by atoms with Crippen LogP contribution in [0.15, 0.2) is 5.16 Å². The molecule has 0 aliphatic carbocycles. The lowest BCUT2D eigenvalue weighted by Crippen LogP contribution is -2.53. The summed E-state index contributed by atoms with van der Waals surface area (Å²) in [5, 5.41) is 7.15. The number of piperazine rings is 1. The third-order valence-electron chi connectivity index (χ3n) is 2.22. The van der Waals surface area contributed by atoms with Crippen LogP contribution in [0.1, 0.15) is 20.8 Å². The van der Waals surface area contributed by atoms with E-state index in [0.717, 1.165) is 18.8 Å². The van der Waals surface area contributed by atoms with Crippen LogP contribution in [-0.4, -0.2) is 48.8 Å². The van der Waals surface area contributed by atoms with Gasteiger partial charge in [0.1, 0.15) is 6.61 Å². The summed E-state index contributed by atoms with van der Waals surface area (Å²) in [5.74, 6) is 0.122. The molecular formula is C10H19N3O2. The Labute approximate surface area is 90.5 Å². The Morgan fingerprint density at radius 2 is 2.27 bits per heavy atom. The lowest BCUT2D eigenvalue weighted by molar-refractivity contribution is -0.130. The van der Waals surface area contributed by atoms with Crippen molar-refractivity contribution < 1.29 is 9.63 Å². The number of oxime groups is 1. The summed E-state index contributed by atoms with van der Waals surface area (Å²) in [7, 11) is 0. The Morgan fingerprint density at radius 3 is 2.87 bits per heavy atom. The maximum Gasteiger partial charge on any atom is 0.219 e. The summed E-state index contributed by atoms with van der Waals surface area (Å²) in [6.45, 7) is 8.18. The van der Waals surface area contributed by atoms with Crippen molar-refractivity contribution in [3.05, 3.63) is 0 Å². The molecular weight excluding hydrogens is 194 g/mol. The minimum atomic E-state index is 0.122. The van der Waals surface area contributed by atoms with Gasteiger partial charge in [-0.05, 0) is 13.8 Å². The summed E-state index contributed by atoms with van der Waals surface area (Å²) in [6, 6.07) is 0.186. The van der Waals surface area contributed by atoms with Crippen molar-refractivity contribution in [2.45, 2.75) is 26.8 Å². The Bertz CT molecular complexity index is 249. The molecule has 1 heterocycles.